The van der Waals surface area contributed by atoms with Crippen molar-refractivity contribution < 1.29 is 0 Å². The molecule has 0 bridgehead atoms. The summed E-state index contributed by atoms with van der Waals surface area (Å²) in [6.07, 6.45) is 1.18. The maximum absolute atomic E-state index is 3.74. The van der Waals surface area contributed by atoms with E-state index in [0.717, 1.165) is 13.1 Å². The molecule has 1 fully saturated rings. The molecule has 0 aliphatic carbocycles. The van der Waals surface area contributed by atoms with Crippen molar-refractivity contribution in [1.29, 1.82) is 0 Å². The van der Waals surface area contributed by atoms with Crippen LogP contribution in [0.15, 0.2) is 30.3 Å². The number of piperazine rings is 1. The molecule has 0 spiro atoms. The molecule has 1 aliphatic heterocycles. The van der Waals surface area contributed by atoms with Gasteiger partial charge in [0.2, 0.25) is 0 Å². The van der Waals surface area contributed by atoms with E-state index in [1.807, 2.05) is 0 Å². The monoisotopic (exact) mass is 246 g/mol. The van der Waals surface area contributed by atoms with Gasteiger partial charge in [0.1, 0.15) is 0 Å². The normalized spacial score (nSPS) is 29.7. The first-order chi connectivity index (χ1) is 8.56. The Morgan fingerprint density at radius 3 is 2.56 bits per heavy atom. The quantitative estimate of drug-likeness (QED) is 0.881. The van der Waals surface area contributed by atoms with Crippen LogP contribution in [0.1, 0.15) is 45.7 Å². The van der Waals surface area contributed by atoms with Gasteiger partial charge in [0.25, 0.3) is 0 Å². The summed E-state index contributed by atoms with van der Waals surface area (Å²) in [6.45, 7) is 11.4. The van der Waals surface area contributed by atoms with E-state index in [1.54, 1.807) is 0 Å². The van der Waals surface area contributed by atoms with Gasteiger partial charge < -0.3 is 5.32 Å². The van der Waals surface area contributed by atoms with E-state index < -0.39 is 0 Å². The molecule has 0 saturated carbocycles. The van der Waals surface area contributed by atoms with E-state index >= 15 is 0 Å². The van der Waals surface area contributed by atoms with Gasteiger partial charge in [-0.1, -0.05) is 37.3 Å². The highest BCUT2D eigenvalue weighted by molar-refractivity contribution is 5.21. The molecule has 0 amide bonds. The minimum absolute atomic E-state index is 0.259. The molecular weight excluding hydrogens is 220 g/mol. The lowest BCUT2D eigenvalue weighted by Crippen LogP contribution is -2.60. The Bertz CT molecular complexity index is 374. The predicted octanol–water partition coefficient (Wildman–Crippen LogP) is 3.21. The zero-order chi connectivity index (χ0) is 13.2. The standard InChI is InChI=1S/C16H26N2/c1-5-16(4)12-18(13(2)3)15(11-17-16)14-9-7-6-8-10-14/h6-10,13,15,17H,5,11-12H2,1-4H3. The van der Waals surface area contributed by atoms with Gasteiger partial charge in [-0.25, -0.2) is 0 Å². The maximum atomic E-state index is 3.74. The van der Waals surface area contributed by atoms with E-state index in [0.29, 0.717) is 12.1 Å². The third-order valence-electron chi connectivity index (χ3n) is 4.28. The van der Waals surface area contributed by atoms with Crippen LogP contribution in [0.2, 0.25) is 0 Å². The molecule has 0 radical (unpaired) electrons. The van der Waals surface area contributed by atoms with Crippen molar-refractivity contribution in [2.24, 2.45) is 0 Å². The largest absolute Gasteiger partial charge is 0.308 e. The molecule has 2 atom stereocenters. The van der Waals surface area contributed by atoms with Crippen molar-refractivity contribution in [3.05, 3.63) is 35.9 Å². The Morgan fingerprint density at radius 2 is 2.00 bits per heavy atom. The van der Waals surface area contributed by atoms with Crippen LogP contribution in [0.25, 0.3) is 0 Å². The zero-order valence-corrected chi connectivity index (χ0v) is 12.1. The van der Waals surface area contributed by atoms with Crippen LogP contribution >= 0.6 is 0 Å². The van der Waals surface area contributed by atoms with Crippen LogP contribution in [-0.4, -0.2) is 29.6 Å². The van der Waals surface area contributed by atoms with Crippen LogP contribution in [0.4, 0.5) is 0 Å². The SMILES string of the molecule is CCC1(C)CN(C(C)C)C(c2ccccc2)CN1. The Kier molecular flexibility index (Phi) is 4.08. The van der Waals surface area contributed by atoms with Crippen molar-refractivity contribution in [1.82, 2.24) is 10.2 Å². The van der Waals surface area contributed by atoms with Crippen LogP contribution in [-0.2, 0) is 0 Å². The van der Waals surface area contributed by atoms with Crippen LogP contribution < -0.4 is 5.32 Å². The molecular formula is C16H26N2. The summed E-state index contributed by atoms with van der Waals surface area (Å²) in [6, 6.07) is 12.0. The third kappa shape index (κ3) is 2.76. The van der Waals surface area contributed by atoms with Crippen molar-refractivity contribution in [2.75, 3.05) is 13.1 Å². The minimum Gasteiger partial charge on any atom is -0.308 e. The highest BCUT2D eigenvalue weighted by atomic mass is 15.3. The first-order valence-electron chi connectivity index (χ1n) is 7.11. The molecule has 2 unspecified atom stereocenters. The van der Waals surface area contributed by atoms with Gasteiger partial charge in [-0.3, -0.25) is 4.90 Å². The Labute approximate surface area is 111 Å². The summed E-state index contributed by atoms with van der Waals surface area (Å²) < 4.78 is 0. The number of hydrogen-bond donors (Lipinski definition) is 1. The molecule has 18 heavy (non-hydrogen) atoms. The van der Waals surface area contributed by atoms with Gasteiger partial charge in [-0.2, -0.15) is 0 Å². The summed E-state index contributed by atoms with van der Waals surface area (Å²) in [5.74, 6) is 0. The summed E-state index contributed by atoms with van der Waals surface area (Å²) in [5.41, 5.74) is 1.69. The second kappa shape index (κ2) is 5.41. The fraction of sp³-hybridized carbons (Fsp3) is 0.625. The maximum Gasteiger partial charge on any atom is 0.0476 e. The molecule has 1 aromatic carbocycles. The molecule has 100 valence electrons. The van der Waals surface area contributed by atoms with E-state index in [2.05, 4.69) is 68.2 Å². The molecule has 1 aliphatic rings. The van der Waals surface area contributed by atoms with E-state index in [4.69, 9.17) is 0 Å². The van der Waals surface area contributed by atoms with Crippen LogP contribution in [0, 0.1) is 0 Å². The molecule has 0 aromatic heterocycles. The molecule has 2 rings (SSSR count). The zero-order valence-electron chi connectivity index (χ0n) is 12.1. The second-order valence-corrected chi connectivity index (χ2v) is 5.99. The lowest BCUT2D eigenvalue weighted by molar-refractivity contribution is 0.0574. The summed E-state index contributed by atoms with van der Waals surface area (Å²) in [4.78, 5) is 2.63. The van der Waals surface area contributed by atoms with Gasteiger partial charge in [0.15, 0.2) is 0 Å². The van der Waals surface area contributed by atoms with Gasteiger partial charge in [-0.15, -0.1) is 0 Å². The van der Waals surface area contributed by atoms with E-state index in [1.165, 1.54) is 12.0 Å². The van der Waals surface area contributed by atoms with Gasteiger partial charge in [0.05, 0.1) is 0 Å². The lowest BCUT2D eigenvalue weighted by Gasteiger charge is -2.48. The minimum atomic E-state index is 0.259. The van der Waals surface area contributed by atoms with E-state index in [-0.39, 0.29) is 5.54 Å². The smallest absolute Gasteiger partial charge is 0.0476 e. The van der Waals surface area contributed by atoms with Crippen LogP contribution in [0.5, 0.6) is 0 Å². The second-order valence-electron chi connectivity index (χ2n) is 5.99. The molecule has 1 saturated heterocycles. The summed E-state index contributed by atoms with van der Waals surface area (Å²) >= 11 is 0. The Morgan fingerprint density at radius 1 is 1.33 bits per heavy atom. The predicted molar refractivity (Wildman–Crippen MR) is 77.7 cm³/mol. The van der Waals surface area contributed by atoms with E-state index in [9.17, 15) is 0 Å². The van der Waals surface area contributed by atoms with Crippen molar-refractivity contribution >= 4 is 0 Å². The number of benzene rings is 1. The first-order valence-corrected chi connectivity index (χ1v) is 7.11. The number of rotatable bonds is 3. The molecule has 2 nitrogen and oxygen atoms in total. The van der Waals surface area contributed by atoms with Gasteiger partial charge in [0, 0.05) is 30.7 Å². The molecule has 1 heterocycles. The number of nitrogens with zero attached hydrogens (tertiary/aromatic N) is 1. The summed E-state index contributed by atoms with van der Waals surface area (Å²) in [5, 5.41) is 3.74. The topological polar surface area (TPSA) is 15.3 Å². The molecule has 2 heteroatoms. The molecule has 1 aromatic rings. The van der Waals surface area contributed by atoms with Crippen molar-refractivity contribution in [3.8, 4) is 0 Å². The number of nitrogens with one attached hydrogen (secondary N) is 1. The fourth-order valence-corrected chi connectivity index (χ4v) is 2.79. The van der Waals surface area contributed by atoms with Crippen molar-refractivity contribution in [3.63, 3.8) is 0 Å². The Hall–Kier alpha value is -0.860. The summed E-state index contributed by atoms with van der Waals surface area (Å²) in [7, 11) is 0. The lowest BCUT2D eigenvalue weighted by atomic mass is 9.90. The highest BCUT2D eigenvalue weighted by Gasteiger charge is 2.36. The fourth-order valence-electron chi connectivity index (χ4n) is 2.79. The first kappa shape index (κ1) is 13.6. The Balaban J connectivity index is 2.21. The van der Waals surface area contributed by atoms with Gasteiger partial charge >= 0.3 is 0 Å². The van der Waals surface area contributed by atoms with Gasteiger partial charge in [-0.05, 0) is 32.8 Å². The van der Waals surface area contributed by atoms with Crippen LogP contribution in [0.3, 0.4) is 0 Å². The van der Waals surface area contributed by atoms with Crippen molar-refractivity contribution in [2.45, 2.75) is 51.7 Å². The third-order valence-corrected chi connectivity index (χ3v) is 4.28. The number of hydrogen-bond acceptors (Lipinski definition) is 2. The molecule has 1 N–H and O–H groups in total. The average Bonchev–Trinajstić information content (AvgIpc) is 2.39. The highest BCUT2D eigenvalue weighted by Crippen LogP contribution is 2.29. The average molecular weight is 246 g/mol.